The first kappa shape index (κ1) is 18.1. The quantitative estimate of drug-likeness (QED) is 0.894. The SMILES string of the molecule is C[C@@H]1C[C@H](F)CN1C(=O)CN1CC[C@@H](Nc2cc(F)cc3ncccc23)C1. The van der Waals surface area contributed by atoms with E-state index >= 15 is 0 Å². The fourth-order valence-corrected chi connectivity index (χ4v) is 4.18. The van der Waals surface area contributed by atoms with Gasteiger partial charge < -0.3 is 10.2 Å². The molecular weight excluding hydrogens is 350 g/mol. The zero-order valence-electron chi connectivity index (χ0n) is 15.4. The topological polar surface area (TPSA) is 48.5 Å². The zero-order valence-corrected chi connectivity index (χ0v) is 15.4. The molecule has 0 radical (unpaired) electrons. The molecule has 7 heteroatoms. The molecule has 0 unspecified atom stereocenters. The van der Waals surface area contributed by atoms with E-state index < -0.39 is 6.17 Å². The number of carbonyl (C=O) groups excluding carboxylic acids is 1. The summed E-state index contributed by atoms with van der Waals surface area (Å²) in [5.74, 6) is -0.332. The van der Waals surface area contributed by atoms with E-state index in [-0.39, 0.29) is 30.4 Å². The predicted octanol–water partition coefficient (Wildman–Crippen LogP) is 2.82. The van der Waals surface area contributed by atoms with Crippen LogP contribution >= 0.6 is 0 Å². The minimum absolute atomic E-state index is 0.0105. The number of amides is 1. The van der Waals surface area contributed by atoms with Gasteiger partial charge in [-0.25, -0.2) is 8.78 Å². The van der Waals surface area contributed by atoms with E-state index in [1.165, 1.54) is 12.1 Å². The Hall–Kier alpha value is -2.28. The van der Waals surface area contributed by atoms with Gasteiger partial charge in [-0.05, 0) is 31.5 Å². The Bertz CT molecular complexity index is 846. The molecule has 3 atom stereocenters. The van der Waals surface area contributed by atoms with Gasteiger partial charge in [0.25, 0.3) is 0 Å². The molecule has 1 N–H and O–H groups in total. The average molecular weight is 374 g/mol. The van der Waals surface area contributed by atoms with E-state index in [0.29, 0.717) is 25.0 Å². The molecule has 2 aliphatic rings. The van der Waals surface area contributed by atoms with Crippen molar-refractivity contribution in [1.29, 1.82) is 0 Å². The van der Waals surface area contributed by atoms with Crippen LogP contribution in [0.3, 0.4) is 0 Å². The van der Waals surface area contributed by atoms with Gasteiger partial charge in [-0.1, -0.05) is 0 Å². The number of rotatable bonds is 4. The summed E-state index contributed by atoms with van der Waals surface area (Å²) in [6, 6.07) is 6.77. The van der Waals surface area contributed by atoms with Crippen molar-refractivity contribution in [3.63, 3.8) is 0 Å². The molecule has 1 amide bonds. The summed E-state index contributed by atoms with van der Waals surface area (Å²) in [7, 11) is 0. The number of nitrogens with zero attached hydrogens (tertiary/aromatic N) is 3. The summed E-state index contributed by atoms with van der Waals surface area (Å²) in [5, 5.41) is 4.29. The van der Waals surface area contributed by atoms with Gasteiger partial charge in [-0.3, -0.25) is 14.7 Å². The second-order valence-corrected chi connectivity index (χ2v) is 7.62. The number of pyridine rings is 1. The number of hydrogen-bond acceptors (Lipinski definition) is 4. The van der Waals surface area contributed by atoms with Gasteiger partial charge in [0.15, 0.2) is 0 Å². The summed E-state index contributed by atoms with van der Waals surface area (Å²) in [5.41, 5.74) is 1.35. The number of aromatic nitrogens is 1. The molecule has 0 aliphatic carbocycles. The van der Waals surface area contributed by atoms with Gasteiger partial charge in [-0.15, -0.1) is 0 Å². The van der Waals surface area contributed by atoms with Crippen LogP contribution in [-0.2, 0) is 4.79 Å². The second-order valence-electron chi connectivity index (χ2n) is 7.62. The maximum atomic E-state index is 13.9. The van der Waals surface area contributed by atoms with E-state index in [4.69, 9.17) is 0 Å². The fraction of sp³-hybridized carbons (Fsp3) is 0.500. The second kappa shape index (κ2) is 7.38. The van der Waals surface area contributed by atoms with Gasteiger partial charge in [0.1, 0.15) is 12.0 Å². The number of anilines is 1. The van der Waals surface area contributed by atoms with Crippen molar-refractivity contribution in [1.82, 2.24) is 14.8 Å². The Morgan fingerprint density at radius 2 is 2.22 bits per heavy atom. The number of hydrogen-bond donors (Lipinski definition) is 1. The van der Waals surface area contributed by atoms with E-state index in [1.54, 1.807) is 11.1 Å². The van der Waals surface area contributed by atoms with E-state index in [2.05, 4.69) is 15.2 Å². The van der Waals surface area contributed by atoms with Crippen molar-refractivity contribution >= 4 is 22.5 Å². The first-order chi connectivity index (χ1) is 13.0. The van der Waals surface area contributed by atoms with Crippen LogP contribution in [0.15, 0.2) is 30.5 Å². The van der Waals surface area contributed by atoms with Crippen molar-refractivity contribution in [2.45, 2.75) is 38.0 Å². The molecule has 2 aliphatic heterocycles. The summed E-state index contributed by atoms with van der Waals surface area (Å²) in [6.07, 6.45) is 2.03. The first-order valence-corrected chi connectivity index (χ1v) is 9.46. The van der Waals surface area contributed by atoms with Crippen LogP contribution in [0.1, 0.15) is 19.8 Å². The third-order valence-electron chi connectivity index (χ3n) is 5.52. The van der Waals surface area contributed by atoms with E-state index in [0.717, 1.165) is 24.0 Å². The fourth-order valence-electron chi connectivity index (χ4n) is 4.18. The third-order valence-corrected chi connectivity index (χ3v) is 5.52. The summed E-state index contributed by atoms with van der Waals surface area (Å²) >= 11 is 0. The lowest BCUT2D eigenvalue weighted by Crippen LogP contribution is -2.42. The predicted molar refractivity (Wildman–Crippen MR) is 101 cm³/mol. The lowest BCUT2D eigenvalue weighted by molar-refractivity contribution is -0.132. The lowest BCUT2D eigenvalue weighted by Gasteiger charge is -2.24. The molecular formula is C20H24F2N4O. The number of alkyl halides is 1. The van der Waals surface area contributed by atoms with Crippen LogP contribution in [0, 0.1) is 5.82 Å². The molecule has 144 valence electrons. The molecule has 0 saturated carbocycles. The number of halogens is 2. The number of nitrogens with one attached hydrogen (secondary N) is 1. The monoisotopic (exact) mass is 374 g/mol. The maximum absolute atomic E-state index is 13.9. The molecule has 3 heterocycles. The minimum Gasteiger partial charge on any atom is -0.380 e. The van der Waals surface area contributed by atoms with Crippen LogP contribution in [0.4, 0.5) is 14.5 Å². The normalized spacial score (nSPS) is 26.0. The van der Waals surface area contributed by atoms with Crippen LogP contribution in [0.2, 0.25) is 0 Å². The molecule has 2 saturated heterocycles. The molecule has 5 nitrogen and oxygen atoms in total. The van der Waals surface area contributed by atoms with Crippen LogP contribution in [-0.4, -0.2) is 65.1 Å². The molecule has 1 aromatic carbocycles. The molecule has 0 bridgehead atoms. The Morgan fingerprint density at radius 3 is 3.00 bits per heavy atom. The number of fused-ring (bicyclic) bond motifs is 1. The Balaban J connectivity index is 1.39. The summed E-state index contributed by atoms with van der Waals surface area (Å²) in [6.45, 7) is 3.90. The molecule has 2 aromatic rings. The standard InChI is InChI=1S/C20H24F2N4O/c1-13-7-15(22)10-26(13)20(27)12-25-6-4-16(11-25)24-19-9-14(21)8-18-17(19)3-2-5-23-18/h2-3,5,8-9,13,15-16,24H,4,6-7,10-12H2,1H3/t13-,15+,16-/m1/s1. The summed E-state index contributed by atoms with van der Waals surface area (Å²) < 4.78 is 27.4. The zero-order chi connectivity index (χ0) is 19.0. The maximum Gasteiger partial charge on any atom is 0.237 e. The molecule has 1 aromatic heterocycles. The van der Waals surface area contributed by atoms with Crippen molar-refractivity contribution in [2.24, 2.45) is 0 Å². The Morgan fingerprint density at radius 1 is 1.37 bits per heavy atom. The molecule has 4 rings (SSSR count). The van der Waals surface area contributed by atoms with Crippen molar-refractivity contribution in [3.05, 3.63) is 36.3 Å². The van der Waals surface area contributed by atoms with E-state index in [1.807, 2.05) is 19.1 Å². The summed E-state index contributed by atoms with van der Waals surface area (Å²) in [4.78, 5) is 20.4. The Labute approximate surface area is 157 Å². The highest BCUT2D eigenvalue weighted by molar-refractivity contribution is 5.91. The highest BCUT2D eigenvalue weighted by Gasteiger charge is 2.34. The van der Waals surface area contributed by atoms with Crippen molar-refractivity contribution in [3.8, 4) is 0 Å². The molecule has 27 heavy (non-hydrogen) atoms. The van der Waals surface area contributed by atoms with Gasteiger partial charge >= 0.3 is 0 Å². The largest absolute Gasteiger partial charge is 0.380 e. The smallest absolute Gasteiger partial charge is 0.237 e. The number of likely N-dealkylation sites (tertiary alicyclic amines) is 2. The third kappa shape index (κ3) is 3.88. The van der Waals surface area contributed by atoms with Crippen LogP contribution in [0.5, 0.6) is 0 Å². The van der Waals surface area contributed by atoms with Crippen LogP contribution < -0.4 is 5.32 Å². The average Bonchev–Trinajstić information content (AvgIpc) is 3.20. The number of benzene rings is 1. The highest BCUT2D eigenvalue weighted by Crippen LogP contribution is 2.26. The van der Waals surface area contributed by atoms with Crippen molar-refractivity contribution < 1.29 is 13.6 Å². The lowest BCUT2D eigenvalue weighted by atomic mass is 10.1. The first-order valence-electron chi connectivity index (χ1n) is 9.46. The minimum atomic E-state index is -0.910. The van der Waals surface area contributed by atoms with Crippen LogP contribution in [0.25, 0.3) is 10.9 Å². The van der Waals surface area contributed by atoms with Crippen molar-refractivity contribution in [2.75, 3.05) is 31.5 Å². The highest BCUT2D eigenvalue weighted by atomic mass is 19.1. The van der Waals surface area contributed by atoms with Gasteiger partial charge in [0.2, 0.25) is 5.91 Å². The van der Waals surface area contributed by atoms with Gasteiger partial charge in [0.05, 0.1) is 18.6 Å². The van der Waals surface area contributed by atoms with E-state index in [9.17, 15) is 13.6 Å². The number of carbonyl (C=O) groups is 1. The Kier molecular flexibility index (Phi) is 4.95. The van der Waals surface area contributed by atoms with Gasteiger partial charge in [0, 0.05) is 54.9 Å². The van der Waals surface area contributed by atoms with Gasteiger partial charge in [-0.2, -0.15) is 0 Å². The molecule has 2 fully saturated rings. The molecule has 0 spiro atoms.